The fraction of sp³-hybridized carbons (Fsp3) is 0.333. The number of carbonyl (C=O) groups excluding carboxylic acids is 1. The van der Waals surface area contributed by atoms with Gasteiger partial charge in [-0.15, -0.1) is 11.8 Å². The number of H-pyrrole nitrogens is 1. The van der Waals surface area contributed by atoms with Gasteiger partial charge in [0, 0.05) is 22.5 Å². The molecule has 0 saturated heterocycles. The van der Waals surface area contributed by atoms with Crippen molar-refractivity contribution in [2.24, 2.45) is 5.92 Å². The van der Waals surface area contributed by atoms with E-state index in [1.807, 2.05) is 0 Å². The number of alkyl halides is 2. The first-order chi connectivity index (χ1) is 11.5. The van der Waals surface area contributed by atoms with Crippen LogP contribution in [0.1, 0.15) is 16.4 Å². The first-order valence-electron chi connectivity index (χ1n) is 6.97. The summed E-state index contributed by atoms with van der Waals surface area (Å²) in [6.45, 7) is -2.96. The van der Waals surface area contributed by atoms with Crippen LogP contribution in [-0.2, 0) is 4.79 Å². The summed E-state index contributed by atoms with van der Waals surface area (Å²) in [5.74, 6) is -0.0322. The second-order valence-corrected chi connectivity index (χ2v) is 7.13. The van der Waals surface area contributed by atoms with Crippen molar-refractivity contribution in [3.8, 4) is 11.5 Å². The van der Waals surface area contributed by atoms with E-state index in [0.717, 1.165) is 27.5 Å². The van der Waals surface area contributed by atoms with E-state index in [1.54, 1.807) is 12.1 Å². The lowest BCUT2D eigenvalue weighted by atomic mass is 9.86. The average Bonchev–Trinajstić information content (AvgIpc) is 2.94. The number of halogens is 2. The Morgan fingerprint density at radius 3 is 2.83 bits per heavy atom. The molecule has 128 valence electrons. The minimum Gasteiger partial charge on any atom is -0.493 e. The Balaban J connectivity index is 2.06. The van der Waals surface area contributed by atoms with Gasteiger partial charge in [0.05, 0.1) is 12.1 Å². The molecule has 0 fully saturated rings. The number of hydrogen-bond donors (Lipinski definition) is 1. The van der Waals surface area contributed by atoms with Gasteiger partial charge in [-0.3, -0.25) is 4.79 Å². The third kappa shape index (κ3) is 3.18. The predicted molar refractivity (Wildman–Crippen MR) is 86.7 cm³/mol. The van der Waals surface area contributed by atoms with Crippen LogP contribution in [0.25, 0.3) is 0 Å². The monoisotopic (exact) mass is 373 g/mol. The van der Waals surface area contributed by atoms with Gasteiger partial charge in [0.25, 0.3) is 0 Å². The molecule has 0 amide bonds. The van der Waals surface area contributed by atoms with Crippen molar-refractivity contribution in [3.63, 3.8) is 0 Å². The van der Waals surface area contributed by atoms with Gasteiger partial charge in [0.2, 0.25) is 0 Å². The normalized spacial score (nSPS) is 19.8. The SMILES string of the molecule is COc1cc(C2c3sc(=O)[nH]c3SCC2C=O)ccc1OC(F)F. The Morgan fingerprint density at radius 2 is 2.17 bits per heavy atom. The van der Waals surface area contributed by atoms with Crippen molar-refractivity contribution in [2.75, 3.05) is 12.9 Å². The molecule has 3 rings (SSSR count). The Bertz CT molecular complexity index is 805. The van der Waals surface area contributed by atoms with Crippen molar-refractivity contribution in [1.82, 2.24) is 4.98 Å². The summed E-state index contributed by atoms with van der Waals surface area (Å²) < 4.78 is 34.4. The van der Waals surface area contributed by atoms with Gasteiger partial charge in [-0.1, -0.05) is 17.4 Å². The van der Waals surface area contributed by atoms with Crippen LogP contribution in [0, 0.1) is 5.92 Å². The summed E-state index contributed by atoms with van der Waals surface area (Å²) in [4.78, 5) is 26.5. The highest BCUT2D eigenvalue weighted by Crippen LogP contribution is 2.45. The van der Waals surface area contributed by atoms with E-state index in [-0.39, 0.29) is 28.2 Å². The molecule has 1 aromatic carbocycles. The number of fused-ring (bicyclic) bond motifs is 1. The van der Waals surface area contributed by atoms with E-state index in [9.17, 15) is 18.4 Å². The van der Waals surface area contributed by atoms with E-state index in [4.69, 9.17) is 4.74 Å². The number of rotatable bonds is 5. The van der Waals surface area contributed by atoms with Gasteiger partial charge in [-0.05, 0) is 17.7 Å². The fourth-order valence-electron chi connectivity index (χ4n) is 2.70. The van der Waals surface area contributed by atoms with Crippen molar-refractivity contribution in [1.29, 1.82) is 0 Å². The van der Waals surface area contributed by atoms with Crippen molar-refractivity contribution < 1.29 is 23.0 Å². The summed E-state index contributed by atoms with van der Waals surface area (Å²) in [6.07, 6.45) is 0.862. The quantitative estimate of drug-likeness (QED) is 0.816. The lowest BCUT2D eigenvalue weighted by molar-refractivity contribution is -0.110. The molecule has 2 unspecified atom stereocenters. The van der Waals surface area contributed by atoms with E-state index in [1.165, 1.54) is 24.9 Å². The minimum absolute atomic E-state index is 0.0773. The zero-order chi connectivity index (χ0) is 17.3. The number of thioether (sulfide) groups is 1. The zero-order valence-electron chi connectivity index (χ0n) is 12.5. The van der Waals surface area contributed by atoms with Crippen LogP contribution in [0.4, 0.5) is 8.78 Å². The summed E-state index contributed by atoms with van der Waals surface area (Å²) in [6, 6.07) is 4.58. The summed E-state index contributed by atoms with van der Waals surface area (Å²) in [5.41, 5.74) is 0.711. The van der Waals surface area contributed by atoms with Crippen LogP contribution >= 0.6 is 23.1 Å². The number of aldehydes is 1. The molecule has 1 aromatic heterocycles. The molecular formula is C15H13F2NO4S2. The molecule has 0 spiro atoms. The van der Waals surface area contributed by atoms with Gasteiger partial charge in [0.1, 0.15) is 6.29 Å². The number of ether oxygens (including phenoxy) is 2. The number of aromatic nitrogens is 1. The Morgan fingerprint density at radius 1 is 1.38 bits per heavy atom. The zero-order valence-corrected chi connectivity index (χ0v) is 14.1. The second kappa shape index (κ2) is 6.94. The molecule has 0 aliphatic carbocycles. The minimum atomic E-state index is -2.96. The molecular weight excluding hydrogens is 360 g/mol. The van der Waals surface area contributed by atoms with E-state index < -0.39 is 6.61 Å². The number of nitrogens with one attached hydrogen (secondary N) is 1. The lowest BCUT2D eigenvalue weighted by Gasteiger charge is -2.27. The summed E-state index contributed by atoms with van der Waals surface area (Å²) >= 11 is 2.49. The number of aromatic amines is 1. The molecule has 24 heavy (non-hydrogen) atoms. The van der Waals surface area contributed by atoms with Crippen LogP contribution in [0.5, 0.6) is 11.5 Å². The molecule has 2 heterocycles. The highest BCUT2D eigenvalue weighted by atomic mass is 32.2. The number of thiazole rings is 1. The maximum absolute atomic E-state index is 12.4. The van der Waals surface area contributed by atoms with Crippen LogP contribution in [0.15, 0.2) is 28.0 Å². The second-order valence-electron chi connectivity index (χ2n) is 5.09. The van der Waals surface area contributed by atoms with Crippen LogP contribution in [0.2, 0.25) is 0 Å². The van der Waals surface area contributed by atoms with Gasteiger partial charge in [-0.25, -0.2) is 0 Å². The standard InChI is InChI=1S/C15H13F2NO4S2/c1-21-10-4-7(2-3-9(10)22-14(16)17)11-8(5-19)6-23-13-12(11)24-15(20)18-13/h2-5,8,11,14H,6H2,1H3,(H,18,20). The van der Waals surface area contributed by atoms with Gasteiger partial charge in [-0.2, -0.15) is 8.78 Å². The van der Waals surface area contributed by atoms with Crippen LogP contribution in [0.3, 0.4) is 0 Å². The largest absolute Gasteiger partial charge is 0.493 e. The Hall–Kier alpha value is -1.87. The van der Waals surface area contributed by atoms with Gasteiger partial charge in [0.15, 0.2) is 11.5 Å². The van der Waals surface area contributed by atoms with E-state index in [2.05, 4.69) is 9.72 Å². The van der Waals surface area contributed by atoms with Crippen LogP contribution in [-0.4, -0.2) is 30.7 Å². The average molecular weight is 373 g/mol. The molecule has 2 aromatic rings. The predicted octanol–water partition coefficient (Wildman–Crippen LogP) is 3.10. The van der Waals surface area contributed by atoms with E-state index in [0.29, 0.717) is 11.3 Å². The smallest absolute Gasteiger partial charge is 0.387 e. The molecule has 0 radical (unpaired) electrons. The van der Waals surface area contributed by atoms with Gasteiger partial charge < -0.3 is 19.3 Å². The highest BCUT2D eigenvalue weighted by Gasteiger charge is 2.34. The molecule has 2 atom stereocenters. The molecule has 1 aliphatic heterocycles. The first-order valence-corrected chi connectivity index (χ1v) is 8.77. The third-order valence-electron chi connectivity index (χ3n) is 3.71. The maximum atomic E-state index is 12.4. The lowest BCUT2D eigenvalue weighted by Crippen LogP contribution is -2.21. The molecule has 1 aliphatic rings. The molecule has 5 nitrogen and oxygen atoms in total. The van der Waals surface area contributed by atoms with Crippen molar-refractivity contribution in [2.45, 2.75) is 17.6 Å². The fourth-order valence-corrected chi connectivity index (χ4v) is 5.06. The molecule has 0 bridgehead atoms. The van der Waals surface area contributed by atoms with Crippen molar-refractivity contribution >= 4 is 29.4 Å². The molecule has 1 N–H and O–H groups in total. The highest BCUT2D eigenvalue weighted by molar-refractivity contribution is 7.99. The van der Waals surface area contributed by atoms with Gasteiger partial charge >= 0.3 is 11.5 Å². The van der Waals surface area contributed by atoms with E-state index >= 15 is 0 Å². The number of benzene rings is 1. The third-order valence-corrected chi connectivity index (χ3v) is 5.97. The topological polar surface area (TPSA) is 68.4 Å². The number of hydrogen-bond acceptors (Lipinski definition) is 6. The molecule has 9 heteroatoms. The number of methoxy groups -OCH3 is 1. The van der Waals surface area contributed by atoms with Crippen molar-refractivity contribution in [3.05, 3.63) is 38.3 Å². The Kier molecular flexibility index (Phi) is 4.91. The number of carbonyl (C=O) groups is 1. The molecule has 0 saturated carbocycles. The maximum Gasteiger partial charge on any atom is 0.387 e. The van der Waals surface area contributed by atoms with Crippen LogP contribution < -0.4 is 14.3 Å². The first kappa shape index (κ1) is 17.0. The Labute approximate surface area is 144 Å². The summed E-state index contributed by atoms with van der Waals surface area (Å²) in [5, 5.41) is 0.750. The summed E-state index contributed by atoms with van der Waals surface area (Å²) in [7, 11) is 1.35.